The highest BCUT2D eigenvalue weighted by Gasteiger charge is 2.31. The van der Waals surface area contributed by atoms with Crippen LogP contribution in [0.4, 0.5) is 5.69 Å². The van der Waals surface area contributed by atoms with Crippen molar-refractivity contribution in [1.29, 1.82) is 0 Å². The van der Waals surface area contributed by atoms with E-state index in [4.69, 9.17) is 20.9 Å². The molecule has 33 heavy (non-hydrogen) atoms. The molecule has 11 nitrogen and oxygen atoms in total. The summed E-state index contributed by atoms with van der Waals surface area (Å²) in [7, 11) is -2.60. The monoisotopic (exact) mass is 493 g/mol. The molecule has 2 heterocycles. The Hall–Kier alpha value is -3.06. The lowest BCUT2D eigenvalue weighted by molar-refractivity contribution is -0.386. The van der Waals surface area contributed by atoms with Gasteiger partial charge in [-0.15, -0.1) is 0 Å². The van der Waals surface area contributed by atoms with Crippen molar-refractivity contribution in [2.75, 3.05) is 33.3 Å². The van der Waals surface area contributed by atoms with Crippen LogP contribution in [0.1, 0.15) is 5.89 Å². The molecule has 1 aromatic heterocycles. The average Bonchev–Trinajstić information content (AvgIpc) is 3.27. The molecule has 1 saturated heterocycles. The number of hydrogen-bond donors (Lipinski definition) is 0. The van der Waals surface area contributed by atoms with Crippen LogP contribution in [-0.4, -0.2) is 66.0 Å². The smallest absolute Gasteiger partial charge is 0.312 e. The van der Waals surface area contributed by atoms with E-state index >= 15 is 0 Å². The Bertz CT molecular complexity index is 1260. The molecule has 2 aromatic carbocycles. The first kappa shape index (κ1) is 23.1. The minimum atomic E-state index is -3.89. The normalized spacial score (nSPS) is 15.5. The number of hydrogen-bond acceptors (Lipinski definition) is 9. The third-order valence-electron chi connectivity index (χ3n) is 5.25. The molecule has 0 N–H and O–H groups in total. The Morgan fingerprint density at radius 1 is 1.15 bits per heavy atom. The molecule has 0 amide bonds. The largest absolute Gasteiger partial charge is 0.490 e. The number of halogens is 1. The number of methoxy groups -OCH3 is 1. The molecular weight excluding hydrogens is 474 g/mol. The molecular formula is C20H20ClN5O6S. The summed E-state index contributed by atoms with van der Waals surface area (Å²) >= 11 is 5.90. The highest BCUT2D eigenvalue weighted by molar-refractivity contribution is 7.89. The molecule has 4 rings (SSSR count). The number of sulfonamides is 1. The maximum Gasteiger partial charge on any atom is 0.312 e. The number of rotatable bonds is 7. The van der Waals surface area contributed by atoms with Gasteiger partial charge < -0.3 is 9.26 Å². The van der Waals surface area contributed by atoms with Gasteiger partial charge in [-0.1, -0.05) is 16.8 Å². The number of piperazine rings is 1. The van der Waals surface area contributed by atoms with Gasteiger partial charge in [-0.2, -0.15) is 9.29 Å². The molecule has 13 heteroatoms. The summed E-state index contributed by atoms with van der Waals surface area (Å²) < 4.78 is 37.6. The summed E-state index contributed by atoms with van der Waals surface area (Å²) in [4.78, 5) is 16.8. The predicted molar refractivity (Wildman–Crippen MR) is 118 cm³/mol. The van der Waals surface area contributed by atoms with Crippen molar-refractivity contribution in [1.82, 2.24) is 19.3 Å². The summed E-state index contributed by atoms with van der Waals surface area (Å²) in [6.07, 6.45) is 0. The number of nitrogens with zero attached hydrogens (tertiary/aromatic N) is 5. The molecule has 0 radical (unpaired) electrons. The van der Waals surface area contributed by atoms with Crippen molar-refractivity contribution in [2.24, 2.45) is 0 Å². The van der Waals surface area contributed by atoms with Gasteiger partial charge in [0.2, 0.25) is 21.7 Å². The second kappa shape index (κ2) is 9.43. The van der Waals surface area contributed by atoms with E-state index in [9.17, 15) is 18.5 Å². The topological polar surface area (TPSA) is 132 Å². The first-order valence-corrected chi connectivity index (χ1v) is 11.7. The number of benzene rings is 2. The summed E-state index contributed by atoms with van der Waals surface area (Å²) in [5.74, 6) is 0.868. The average molecular weight is 494 g/mol. The maximum atomic E-state index is 13.0. The van der Waals surface area contributed by atoms with Crippen molar-refractivity contribution in [2.45, 2.75) is 11.4 Å². The van der Waals surface area contributed by atoms with Crippen LogP contribution in [0.3, 0.4) is 0 Å². The fourth-order valence-corrected chi connectivity index (χ4v) is 5.05. The van der Waals surface area contributed by atoms with Gasteiger partial charge in [-0.3, -0.25) is 15.0 Å². The second-order valence-corrected chi connectivity index (χ2v) is 9.66. The van der Waals surface area contributed by atoms with E-state index < -0.39 is 20.6 Å². The highest BCUT2D eigenvalue weighted by Crippen LogP contribution is 2.31. The zero-order valence-corrected chi connectivity index (χ0v) is 19.1. The van der Waals surface area contributed by atoms with Crippen molar-refractivity contribution >= 4 is 27.3 Å². The third-order valence-corrected chi connectivity index (χ3v) is 7.39. The standard InChI is InChI=1S/C20H20ClN5O6S/c1-31-18-7-6-16(12-17(18)26(27)28)33(29,30)25-10-8-24(9-11-25)13-19-22-20(23-32-19)14-2-4-15(21)5-3-14/h2-7,12H,8-11,13H2,1H3. The van der Waals surface area contributed by atoms with Gasteiger partial charge in [0, 0.05) is 42.8 Å². The van der Waals surface area contributed by atoms with Gasteiger partial charge in [0.05, 0.1) is 23.5 Å². The maximum absolute atomic E-state index is 13.0. The van der Waals surface area contributed by atoms with Crippen LogP contribution in [0.2, 0.25) is 5.02 Å². The van der Waals surface area contributed by atoms with Crippen LogP contribution in [0.5, 0.6) is 5.75 Å². The molecule has 0 atom stereocenters. The Morgan fingerprint density at radius 3 is 2.48 bits per heavy atom. The molecule has 0 spiro atoms. The molecule has 0 aliphatic carbocycles. The van der Waals surface area contributed by atoms with Gasteiger partial charge in [0.15, 0.2) is 5.75 Å². The second-order valence-electron chi connectivity index (χ2n) is 7.29. The minimum absolute atomic E-state index is 0.00120. The molecule has 0 saturated carbocycles. The van der Waals surface area contributed by atoms with Crippen LogP contribution in [0.25, 0.3) is 11.4 Å². The van der Waals surface area contributed by atoms with Crippen LogP contribution >= 0.6 is 11.6 Å². The van der Waals surface area contributed by atoms with E-state index in [0.717, 1.165) is 11.6 Å². The fraction of sp³-hybridized carbons (Fsp3) is 0.300. The molecule has 3 aromatic rings. The molecule has 0 bridgehead atoms. The van der Waals surface area contributed by atoms with E-state index in [2.05, 4.69) is 10.1 Å². The van der Waals surface area contributed by atoms with Crippen LogP contribution < -0.4 is 4.74 Å². The van der Waals surface area contributed by atoms with E-state index in [1.165, 1.54) is 23.5 Å². The van der Waals surface area contributed by atoms with Gasteiger partial charge in [0.25, 0.3) is 0 Å². The Balaban J connectivity index is 1.40. The number of aromatic nitrogens is 2. The lowest BCUT2D eigenvalue weighted by atomic mass is 10.2. The van der Waals surface area contributed by atoms with Gasteiger partial charge in [-0.25, -0.2) is 8.42 Å². The van der Waals surface area contributed by atoms with Gasteiger partial charge in [-0.05, 0) is 36.4 Å². The molecule has 1 aliphatic rings. The Labute approximate surface area is 194 Å². The minimum Gasteiger partial charge on any atom is -0.490 e. The number of nitro benzene ring substituents is 1. The van der Waals surface area contributed by atoms with E-state index in [-0.39, 0.29) is 23.7 Å². The molecule has 174 valence electrons. The van der Waals surface area contributed by atoms with E-state index in [0.29, 0.717) is 36.4 Å². The lowest BCUT2D eigenvalue weighted by Gasteiger charge is -2.33. The van der Waals surface area contributed by atoms with Gasteiger partial charge >= 0.3 is 5.69 Å². The van der Waals surface area contributed by atoms with Crippen molar-refractivity contribution in [3.8, 4) is 17.1 Å². The van der Waals surface area contributed by atoms with Crippen molar-refractivity contribution in [3.63, 3.8) is 0 Å². The number of ether oxygens (including phenoxy) is 1. The SMILES string of the molecule is COc1ccc(S(=O)(=O)N2CCN(Cc3nc(-c4ccc(Cl)cc4)no3)CC2)cc1[N+](=O)[O-]. The lowest BCUT2D eigenvalue weighted by Crippen LogP contribution is -2.48. The Morgan fingerprint density at radius 2 is 1.85 bits per heavy atom. The fourth-order valence-electron chi connectivity index (χ4n) is 3.48. The summed E-state index contributed by atoms with van der Waals surface area (Å²) in [6.45, 7) is 1.70. The van der Waals surface area contributed by atoms with E-state index in [1.807, 2.05) is 4.90 Å². The molecule has 0 unspecified atom stereocenters. The summed E-state index contributed by atoms with van der Waals surface area (Å²) in [5.41, 5.74) is 0.379. The molecule has 1 fully saturated rings. The molecule has 1 aliphatic heterocycles. The van der Waals surface area contributed by atoms with Crippen molar-refractivity contribution < 1.29 is 22.6 Å². The first-order chi connectivity index (χ1) is 15.8. The highest BCUT2D eigenvalue weighted by atomic mass is 35.5. The van der Waals surface area contributed by atoms with Gasteiger partial charge in [0.1, 0.15) is 0 Å². The van der Waals surface area contributed by atoms with Crippen LogP contribution in [0.15, 0.2) is 51.9 Å². The zero-order chi connectivity index (χ0) is 23.6. The summed E-state index contributed by atoms with van der Waals surface area (Å²) in [6, 6.07) is 10.7. The van der Waals surface area contributed by atoms with Crippen LogP contribution in [-0.2, 0) is 16.6 Å². The quantitative estimate of drug-likeness (QED) is 0.360. The first-order valence-electron chi connectivity index (χ1n) is 9.91. The van der Waals surface area contributed by atoms with E-state index in [1.54, 1.807) is 24.3 Å². The Kier molecular flexibility index (Phi) is 6.61. The summed E-state index contributed by atoms with van der Waals surface area (Å²) in [5, 5.41) is 15.8. The number of nitro groups is 1. The predicted octanol–water partition coefficient (Wildman–Crippen LogP) is 2.81. The third kappa shape index (κ3) is 4.98. The zero-order valence-electron chi connectivity index (χ0n) is 17.5. The van der Waals surface area contributed by atoms with Crippen molar-refractivity contribution in [3.05, 3.63) is 63.5 Å². The van der Waals surface area contributed by atoms with Crippen LogP contribution in [0, 0.1) is 10.1 Å².